The van der Waals surface area contributed by atoms with Gasteiger partial charge in [0.05, 0.1) is 17.9 Å². The lowest BCUT2D eigenvalue weighted by molar-refractivity contribution is -0.116. The van der Waals surface area contributed by atoms with Gasteiger partial charge in [-0.15, -0.1) is 21.5 Å². The van der Waals surface area contributed by atoms with Crippen LogP contribution in [0.2, 0.25) is 0 Å². The number of anilines is 2. The van der Waals surface area contributed by atoms with Gasteiger partial charge in [0.25, 0.3) is 0 Å². The van der Waals surface area contributed by atoms with Gasteiger partial charge in [0.2, 0.25) is 11.8 Å². The molecule has 0 aliphatic carbocycles. The van der Waals surface area contributed by atoms with Crippen LogP contribution in [0.25, 0.3) is 0 Å². The van der Waals surface area contributed by atoms with Crippen molar-refractivity contribution in [1.29, 1.82) is 0 Å². The Morgan fingerprint density at radius 1 is 1.17 bits per heavy atom. The van der Waals surface area contributed by atoms with E-state index >= 15 is 0 Å². The number of nitrogens with one attached hydrogen (secondary N) is 2. The van der Waals surface area contributed by atoms with Crippen molar-refractivity contribution in [2.75, 3.05) is 16.4 Å². The lowest BCUT2D eigenvalue weighted by Crippen LogP contribution is -2.18. The minimum Gasteiger partial charge on any atom is -0.325 e. The van der Waals surface area contributed by atoms with Crippen molar-refractivity contribution in [2.24, 2.45) is 7.05 Å². The summed E-state index contributed by atoms with van der Waals surface area (Å²) >= 11 is 2.65. The van der Waals surface area contributed by atoms with Gasteiger partial charge in [0.15, 0.2) is 10.3 Å². The standard InChI is InChI=1S/C19H22N6O2S2/c1-4-13-7-5-6-8-14(13)21-16(26)9-15-23-24-19(25(15)3)29-11-17(27)22-18-20-12(2)10-28-18/h5-8,10H,4,9,11H2,1-3H3,(H,21,26)(H,20,22,27). The maximum atomic E-state index is 12.4. The SMILES string of the molecule is CCc1ccccc1NC(=O)Cc1nnc(SCC(=O)Nc2nc(C)cs2)n1C. The molecule has 2 heterocycles. The molecule has 0 unspecified atom stereocenters. The molecule has 2 amide bonds. The van der Waals surface area contributed by atoms with Crippen molar-refractivity contribution in [3.8, 4) is 0 Å². The van der Waals surface area contributed by atoms with E-state index in [-0.39, 0.29) is 24.0 Å². The number of rotatable bonds is 8. The highest BCUT2D eigenvalue weighted by atomic mass is 32.2. The number of thiazole rings is 1. The average Bonchev–Trinajstić information content (AvgIpc) is 3.26. The summed E-state index contributed by atoms with van der Waals surface area (Å²) in [6.45, 7) is 3.92. The second-order valence-corrected chi connectivity index (χ2v) is 8.12. The Balaban J connectivity index is 1.54. The second-order valence-electron chi connectivity index (χ2n) is 6.32. The highest BCUT2D eigenvalue weighted by Crippen LogP contribution is 2.19. The van der Waals surface area contributed by atoms with Crippen molar-refractivity contribution >= 4 is 45.7 Å². The van der Waals surface area contributed by atoms with E-state index in [0.29, 0.717) is 16.1 Å². The van der Waals surface area contributed by atoms with Crippen molar-refractivity contribution in [3.05, 3.63) is 46.7 Å². The van der Waals surface area contributed by atoms with E-state index in [1.165, 1.54) is 23.1 Å². The van der Waals surface area contributed by atoms with Gasteiger partial charge in [0.1, 0.15) is 5.82 Å². The van der Waals surface area contributed by atoms with Crippen LogP contribution in [0.1, 0.15) is 24.0 Å². The first-order valence-corrected chi connectivity index (χ1v) is 10.9. The molecule has 8 nitrogen and oxygen atoms in total. The molecule has 3 rings (SSSR count). The third kappa shape index (κ3) is 5.64. The van der Waals surface area contributed by atoms with Crippen LogP contribution in [-0.4, -0.2) is 37.3 Å². The summed E-state index contributed by atoms with van der Waals surface area (Å²) in [5.74, 6) is 0.397. The van der Waals surface area contributed by atoms with E-state index in [9.17, 15) is 9.59 Å². The molecule has 2 N–H and O–H groups in total. The Morgan fingerprint density at radius 3 is 2.69 bits per heavy atom. The van der Waals surface area contributed by atoms with Crippen molar-refractivity contribution in [2.45, 2.75) is 31.8 Å². The third-order valence-corrected chi connectivity index (χ3v) is 6.01. The Kier molecular flexibility index (Phi) is 6.99. The molecule has 10 heteroatoms. The van der Waals surface area contributed by atoms with Gasteiger partial charge in [-0.25, -0.2) is 4.98 Å². The van der Waals surface area contributed by atoms with Crippen molar-refractivity contribution in [1.82, 2.24) is 19.7 Å². The molecule has 0 fully saturated rings. The van der Waals surface area contributed by atoms with Gasteiger partial charge in [-0.3, -0.25) is 9.59 Å². The molecule has 0 atom stereocenters. The molecule has 152 valence electrons. The number of thioether (sulfide) groups is 1. The molecule has 29 heavy (non-hydrogen) atoms. The van der Waals surface area contributed by atoms with E-state index in [1.807, 2.05) is 43.5 Å². The zero-order chi connectivity index (χ0) is 20.8. The average molecular weight is 431 g/mol. The van der Waals surface area contributed by atoms with Crippen LogP contribution in [0.5, 0.6) is 0 Å². The summed E-state index contributed by atoms with van der Waals surface area (Å²) < 4.78 is 1.73. The van der Waals surface area contributed by atoms with Crippen LogP contribution in [0.4, 0.5) is 10.8 Å². The lowest BCUT2D eigenvalue weighted by Gasteiger charge is -2.09. The molecule has 0 spiro atoms. The molecule has 0 saturated carbocycles. The zero-order valence-corrected chi connectivity index (χ0v) is 18.1. The Hall–Kier alpha value is -2.72. The van der Waals surface area contributed by atoms with Gasteiger partial charge in [-0.1, -0.05) is 36.9 Å². The van der Waals surface area contributed by atoms with E-state index in [0.717, 1.165) is 23.4 Å². The minimum absolute atomic E-state index is 0.104. The van der Waals surface area contributed by atoms with Crippen molar-refractivity contribution in [3.63, 3.8) is 0 Å². The fourth-order valence-corrected chi connectivity index (χ4v) is 4.04. The van der Waals surface area contributed by atoms with Gasteiger partial charge in [-0.2, -0.15) is 0 Å². The largest absolute Gasteiger partial charge is 0.325 e. The van der Waals surface area contributed by atoms with Crippen LogP contribution in [0.15, 0.2) is 34.8 Å². The smallest absolute Gasteiger partial charge is 0.236 e. The monoisotopic (exact) mass is 430 g/mol. The molecule has 2 aromatic heterocycles. The number of para-hydroxylation sites is 1. The Bertz CT molecular complexity index is 1010. The maximum absolute atomic E-state index is 12.4. The molecule has 0 aliphatic heterocycles. The molecule has 3 aromatic rings. The van der Waals surface area contributed by atoms with Crippen molar-refractivity contribution < 1.29 is 9.59 Å². The van der Waals surface area contributed by atoms with Gasteiger partial charge in [0, 0.05) is 18.1 Å². The lowest BCUT2D eigenvalue weighted by atomic mass is 10.1. The summed E-state index contributed by atoms with van der Waals surface area (Å²) in [6.07, 6.45) is 0.941. The second kappa shape index (κ2) is 9.66. The third-order valence-electron chi connectivity index (χ3n) is 4.11. The molecule has 0 bridgehead atoms. The predicted molar refractivity (Wildman–Crippen MR) is 115 cm³/mol. The Labute approximate surface area is 177 Å². The number of carbonyl (C=O) groups is 2. The summed E-state index contributed by atoms with van der Waals surface area (Å²) in [4.78, 5) is 28.7. The fraction of sp³-hybridized carbons (Fsp3) is 0.316. The number of aryl methyl sites for hydroxylation is 2. The molecular formula is C19H22N6O2S2. The summed E-state index contributed by atoms with van der Waals surface area (Å²) in [6, 6.07) is 7.72. The minimum atomic E-state index is -0.164. The number of carbonyl (C=O) groups excluding carboxylic acids is 2. The van der Waals surface area contributed by atoms with Crippen LogP contribution in [0.3, 0.4) is 0 Å². The van der Waals surface area contributed by atoms with E-state index in [1.54, 1.807) is 11.6 Å². The van der Waals surface area contributed by atoms with E-state index in [2.05, 4.69) is 25.8 Å². The Morgan fingerprint density at radius 2 is 1.97 bits per heavy atom. The first-order chi connectivity index (χ1) is 14.0. The number of nitrogens with zero attached hydrogens (tertiary/aromatic N) is 4. The molecule has 1 aromatic carbocycles. The van der Waals surface area contributed by atoms with E-state index in [4.69, 9.17) is 0 Å². The number of hydrogen-bond acceptors (Lipinski definition) is 7. The topological polar surface area (TPSA) is 102 Å². The number of hydrogen-bond donors (Lipinski definition) is 2. The van der Waals surface area contributed by atoms with Crippen LogP contribution in [0, 0.1) is 6.92 Å². The quantitative estimate of drug-likeness (QED) is 0.533. The van der Waals surface area contributed by atoms with Gasteiger partial charge >= 0.3 is 0 Å². The first-order valence-electron chi connectivity index (χ1n) is 9.07. The highest BCUT2D eigenvalue weighted by molar-refractivity contribution is 7.99. The summed E-state index contributed by atoms with van der Waals surface area (Å²) in [5.41, 5.74) is 2.76. The fourth-order valence-electron chi connectivity index (χ4n) is 2.61. The zero-order valence-electron chi connectivity index (χ0n) is 16.4. The number of benzene rings is 1. The summed E-state index contributed by atoms with van der Waals surface area (Å²) in [7, 11) is 1.78. The predicted octanol–water partition coefficient (Wildman–Crippen LogP) is 3.05. The molecular weight excluding hydrogens is 408 g/mol. The van der Waals surface area contributed by atoms with Crippen LogP contribution < -0.4 is 10.6 Å². The molecule has 0 aliphatic rings. The van der Waals surface area contributed by atoms with Crippen LogP contribution in [-0.2, 0) is 29.5 Å². The molecule has 0 saturated heterocycles. The van der Waals surface area contributed by atoms with E-state index < -0.39 is 0 Å². The highest BCUT2D eigenvalue weighted by Gasteiger charge is 2.15. The molecule has 0 radical (unpaired) electrons. The van der Waals surface area contributed by atoms with Gasteiger partial charge < -0.3 is 15.2 Å². The number of amides is 2. The first kappa shape index (κ1) is 21.0. The van der Waals surface area contributed by atoms with Crippen LogP contribution >= 0.6 is 23.1 Å². The normalized spacial score (nSPS) is 10.7. The summed E-state index contributed by atoms with van der Waals surface area (Å²) in [5, 5.41) is 16.9. The number of aromatic nitrogens is 4. The maximum Gasteiger partial charge on any atom is 0.236 e. The van der Waals surface area contributed by atoms with Gasteiger partial charge in [-0.05, 0) is 25.0 Å².